The number of quaternary nitrogens is 1. The third kappa shape index (κ3) is 3.41. The highest BCUT2D eigenvalue weighted by Gasteiger charge is 2.34. The van der Waals surface area contributed by atoms with Gasteiger partial charge >= 0.3 is 11.9 Å². The van der Waals surface area contributed by atoms with Crippen LogP contribution >= 0.6 is 11.8 Å². The average molecular weight is 228 g/mol. The summed E-state index contributed by atoms with van der Waals surface area (Å²) in [4.78, 5) is 21.0. The molecule has 1 heterocycles. The average Bonchev–Trinajstić information content (AvgIpc) is 2.04. The summed E-state index contributed by atoms with van der Waals surface area (Å²) in [5.41, 5.74) is 0. The van der Waals surface area contributed by atoms with Crippen molar-refractivity contribution < 1.29 is 37.5 Å². The lowest BCUT2D eigenvalue weighted by Crippen LogP contribution is -3.00. The fourth-order valence-electron chi connectivity index (χ4n) is 1.04. The summed E-state index contributed by atoms with van der Waals surface area (Å²) in [5, 5.41) is 17.9. The normalized spacial score (nSPS) is 27.4. The maximum absolute atomic E-state index is 10.5. The third-order valence-corrected chi connectivity index (χ3v) is 2.88. The Bertz CT molecular complexity index is 193. The highest BCUT2D eigenvalue weighted by Crippen LogP contribution is 2.12. The molecular formula is C6H10ClNO4S. The topological polar surface area (TPSA) is 91.2 Å². The van der Waals surface area contributed by atoms with Crippen LogP contribution in [-0.2, 0) is 9.59 Å². The lowest BCUT2D eigenvalue weighted by Gasteiger charge is -2.21. The van der Waals surface area contributed by atoms with Crippen LogP contribution in [-0.4, -0.2) is 39.3 Å². The lowest BCUT2D eigenvalue weighted by molar-refractivity contribution is -0.683. The van der Waals surface area contributed by atoms with E-state index in [1.165, 1.54) is 17.1 Å². The smallest absolute Gasteiger partial charge is 0.373 e. The maximum Gasteiger partial charge on any atom is 0.373 e. The van der Waals surface area contributed by atoms with E-state index in [1.54, 1.807) is 0 Å². The van der Waals surface area contributed by atoms with E-state index in [9.17, 15) is 9.59 Å². The number of rotatable bonds is 2. The summed E-state index contributed by atoms with van der Waals surface area (Å²) in [6.07, 6.45) is 0.532. The number of hydrogen-bond acceptors (Lipinski definition) is 3. The van der Waals surface area contributed by atoms with Gasteiger partial charge in [-0.1, -0.05) is 11.8 Å². The monoisotopic (exact) mass is 227 g/mol. The number of carboxylic acids is 2. The molecule has 1 aliphatic rings. The van der Waals surface area contributed by atoms with E-state index in [0.29, 0.717) is 12.2 Å². The fourth-order valence-corrected chi connectivity index (χ4v) is 2.13. The molecule has 0 spiro atoms. The Morgan fingerprint density at radius 2 is 1.92 bits per heavy atom. The van der Waals surface area contributed by atoms with Crippen molar-refractivity contribution in [2.24, 2.45) is 0 Å². The molecule has 4 N–H and O–H groups in total. The number of nitrogens with two attached hydrogens (primary N) is 1. The van der Waals surface area contributed by atoms with Gasteiger partial charge in [-0.15, -0.1) is 0 Å². The molecular weight excluding hydrogens is 218 g/mol. The van der Waals surface area contributed by atoms with Gasteiger partial charge in [0.1, 0.15) is 0 Å². The Morgan fingerprint density at radius 1 is 1.31 bits per heavy atom. The first-order valence-corrected chi connectivity index (χ1v) is 4.58. The Balaban J connectivity index is 0.00000144. The predicted molar refractivity (Wildman–Crippen MR) is 41.8 cm³/mol. The van der Waals surface area contributed by atoms with Crippen LogP contribution in [0.25, 0.3) is 0 Å². The molecule has 2 atom stereocenters. The summed E-state index contributed by atoms with van der Waals surface area (Å²) in [7, 11) is 0. The molecule has 0 bridgehead atoms. The summed E-state index contributed by atoms with van der Waals surface area (Å²) in [5.74, 6) is -1.28. The molecule has 1 rings (SSSR count). The predicted octanol–water partition coefficient (Wildman–Crippen LogP) is -4.45. The van der Waals surface area contributed by atoms with Crippen LogP contribution in [0.5, 0.6) is 0 Å². The third-order valence-electron chi connectivity index (χ3n) is 1.69. The molecule has 0 saturated carbocycles. The van der Waals surface area contributed by atoms with Crippen LogP contribution in [0.4, 0.5) is 0 Å². The second kappa shape index (κ2) is 5.31. The highest BCUT2D eigenvalue weighted by molar-refractivity contribution is 8.00. The van der Waals surface area contributed by atoms with Crippen molar-refractivity contribution in [3.8, 4) is 0 Å². The van der Waals surface area contributed by atoms with Crippen LogP contribution in [0.2, 0.25) is 0 Å². The van der Waals surface area contributed by atoms with Gasteiger partial charge in [0.15, 0.2) is 6.04 Å². The van der Waals surface area contributed by atoms with Crippen molar-refractivity contribution in [3.63, 3.8) is 0 Å². The van der Waals surface area contributed by atoms with Crippen molar-refractivity contribution in [1.29, 1.82) is 0 Å². The Kier molecular flexibility index (Phi) is 5.12. The second-order valence-corrected chi connectivity index (χ2v) is 3.80. The van der Waals surface area contributed by atoms with E-state index in [2.05, 4.69) is 0 Å². The first-order valence-electron chi connectivity index (χ1n) is 3.53. The van der Waals surface area contributed by atoms with Crippen LogP contribution in [0.1, 0.15) is 6.42 Å². The zero-order chi connectivity index (χ0) is 9.14. The molecule has 76 valence electrons. The molecule has 0 aromatic carbocycles. The molecule has 5 nitrogen and oxygen atoms in total. The van der Waals surface area contributed by atoms with E-state index in [-0.39, 0.29) is 12.4 Å². The van der Waals surface area contributed by atoms with Crippen molar-refractivity contribution in [2.75, 3.05) is 5.75 Å². The zero-order valence-electron chi connectivity index (χ0n) is 6.64. The fraction of sp³-hybridized carbons (Fsp3) is 0.667. The minimum Gasteiger partial charge on any atom is -1.00 e. The summed E-state index contributed by atoms with van der Waals surface area (Å²) in [6.45, 7) is 0. The van der Waals surface area contributed by atoms with E-state index in [4.69, 9.17) is 10.2 Å². The van der Waals surface area contributed by atoms with Crippen molar-refractivity contribution >= 4 is 23.7 Å². The largest absolute Gasteiger partial charge is 1.00 e. The highest BCUT2D eigenvalue weighted by atomic mass is 35.5. The standard InChI is InChI=1S/C6H9NO4S.ClH/c8-5(9)3-1-2-12-4(7-3)6(10)11;/h3-4,7H,1-2H2,(H,8,9)(H,10,11);1H. The number of aliphatic carboxylic acids is 2. The molecule has 0 aliphatic carbocycles. The first kappa shape index (κ1) is 12.5. The second-order valence-electron chi connectivity index (χ2n) is 2.56. The minimum absolute atomic E-state index is 0. The molecule has 13 heavy (non-hydrogen) atoms. The summed E-state index contributed by atoms with van der Waals surface area (Å²) < 4.78 is 0. The van der Waals surface area contributed by atoms with Gasteiger partial charge in [-0.25, -0.2) is 9.59 Å². The van der Waals surface area contributed by atoms with Gasteiger partial charge in [0.25, 0.3) is 0 Å². The van der Waals surface area contributed by atoms with Gasteiger partial charge in [0, 0.05) is 12.2 Å². The molecule has 2 unspecified atom stereocenters. The van der Waals surface area contributed by atoms with Gasteiger partial charge in [0.2, 0.25) is 5.37 Å². The van der Waals surface area contributed by atoms with Gasteiger partial charge in [-0.3, -0.25) is 0 Å². The molecule has 7 heteroatoms. The van der Waals surface area contributed by atoms with Crippen LogP contribution in [0.3, 0.4) is 0 Å². The number of carbonyl (C=O) groups is 2. The lowest BCUT2D eigenvalue weighted by atomic mass is 10.2. The Labute approximate surface area is 85.3 Å². The van der Waals surface area contributed by atoms with Crippen LogP contribution < -0.4 is 17.7 Å². The number of carboxylic acid groups (broad SMARTS) is 2. The number of hydrogen-bond donors (Lipinski definition) is 3. The summed E-state index contributed by atoms with van der Waals surface area (Å²) in [6, 6.07) is -0.590. The van der Waals surface area contributed by atoms with E-state index in [0.717, 1.165) is 0 Å². The molecule has 1 aliphatic heterocycles. The Hall–Kier alpha value is -0.460. The number of halogens is 1. The Morgan fingerprint density at radius 3 is 2.38 bits per heavy atom. The van der Waals surface area contributed by atoms with E-state index in [1.807, 2.05) is 0 Å². The van der Waals surface area contributed by atoms with E-state index < -0.39 is 23.4 Å². The molecule has 1 fully saturated rings. The zero-order valence-corrected chi connectivity index (χ0v) is 8.22. The van der Waals surface area contributed by atoms with Crippen molar-refractivity contribution in [2.45, 2.75) is 17.8 Å². The van der Waals surface area contributed by atoms with Crippen molar-refractivity contribution in [1.82, 2.24) is 0 Å². The molecule has 0 aromatic heterocycles. The molecule has 0 aromatic rings. The molecule has 0 amide bonds. The summed E-state index contributed by atoms with van der Waals surface area (Å²) >= 11 is 1.27. The van der Waals surface area contributed by atoms with Gasteiger partial charge in [0.05, 0.1) is 0 Å². The van der Waals surface area contributed by atoms with Crippen molar-refractivity contribution in [3.05, 3.63) is 0 Å². The quantitative estimate of drug-likeness (QED) is 0.443. The van der Waals surface area contributed by atoms with Crippen LogP contribution in [0.15, 0.2) is 0 Å². The number of thioether (sulfide) groups is 1. The SMILES string of the molecule is O=C(O)C1CCSC(C(=O)O)[NH2+]1.[Cl-]. The van der Waals surface area contributed by atoms with E-state index >= 15 is 0 Å². The molecule has 1 saturated heterocycles. The van der Waals surface area contributed by atoms with Crippen LogP contribution in [0, 0.1) is 0 Å². The maximum atomic E-state index is 10.5. The molecule has 0 radical (unpaired) electrons. The first-order chi connectivity index (χ1) is 5.61. The van der Waals surface area contributed by atoms with Gasteiger partial charge in [-0.2, -0.15) is 0 Å². The minimum atomic E-state index is -0.953. The van der Waals surface area contributed by atoms with Gasteiger partial charge < -0.3 is 27.9 Å². The van der Waals surface area contributed by atoms with Gasteiger partial charge in [-0.05, 0) is 0 Å².